The van der Waals surface area contributed by atoms with Crippen LogP contribution in [0.3, 0.4) is 0 Å². The fourth-order valence-corrected chi connectivity index (χ4v) is 4.68. The Labute approximate surface area is 257 Å². The number of ether oxygens (including phenoxy) is 2. The van der Waals surface area contributed by atoms with Crippen molar-refractivity contribution in [1.29, 1.82) is 0 Å². The number of carbonyl (C=O) groups excluding carboxylic acids is 3. The molecule has 0 spiro atoms. The van der Waals surface area contributed by atoms with Gasteiger partial charge in [-0.3, -0.25) is 14.4 Å². The molecule has 4 aromatic carbocycles. The first kappa shape index (κ1) is 31.1. The van der Waals surface area contributed by atoms with Gasteiger partial charge >= 0.3 is 0 Å². The molecular formula is C32H27ClFN3O5S. The highest BCUT2D eigenvalue weighted by Crippen LogP contribution is 2.28. The second kappa shape index (κ2) is 14.9. The molecule has 0 aliphatic heterocycles. The van der Waals surface area contributed by atoms with Crippen molar-refractivity contribution >= 4 is 58.5 Å². The van der Waals surface area contributed by atoms with Crippen LogP contribution in [-0.2, 0) is 9.59 Å². The molecule has 4 rings (SSSR count). The van der Waals surface area contributed by atoms with Crippen LogP contribution in [0.5, 0.6) is 11.5 Å². The van der Waals surface area contributed by atoms with Crippen LogP contribution in [-0.4, -0.2) is 37.7 Å². The third-order valence-corrected chi connectivity index (χ3v) is 7.23. The summed E-state index contributed by atoms with van der Waals surface area (Å²) in [5, 5.41) is 8.08. The molecule has 0 unspecified atom stereocenters. The highest BCUT2D eigenvalue weighted by molar-refractivity contribution is 8.00. The summed E-state index contributed by atoms with van der Waals surface area (Å²) < 4.78 is 24.0. The topological polar surface area (TPSA) is 106 Å². The quantitative estimate of drug-likeness (QED) is 0.128. The molecule has 0 aliphatic rings. The minimum Gasteiger partial charge on any atom is -0.493 e. The Morgan fingerprint density at radius 1 is 0.837 bits per heavy atom. The molecule has 0 heterocycles. The Bertz CT molecular complexity index is 1650. The van der Waals surface area contributed by atoms with E-state index in [1.165, 1.54) is 50.3 Å². The van der Waals surface area contributed by atoms with E-state index in [4.69, 9.17) is 21.1 Å². The maximum Gasteiger partial charge on any atom is 0.272 e. The summed E-state index contributed by atoms with van der Waals surface area (Å²) in [6.45, 7) is 0. The van der Waals surface area contributed by atoms with Crippen LogP contribution >= 0.6 is 23.4 Å². The van der Waals surface area contributed by atoms with E-state index >= 15 is 0 Å². The molecule has 43 heavy (non-hydrogen) atoms. The van der Waals surface area contributed by atoms with Crippen LogP contribution in [0.2, 0.25) is 5.02 Å². The maximum atomic E-state index is 13.3. The molecular weight excluding hydrogens is 593 g/mol. The van der Waals surface area contributed by atoms with Crippen molar-refractivity contribution in [3.63, 3.8) is 0 Å². The van der Waals surface area contributed by atoms with Gasteiger partial charge in [0, 0.05) is 21.8 Å². The lowest BCUT2D eigenvalue weighted by molar-refractivity contribution is -0.114. The summed E-state index contributed by atoms with van der Waals surface area (Å²) in [6, 6.07) is 24.5. The van der Waals surface area contributed by atoms with Gasteiger partial charge in [0.05, 0.1) is 25.0 Å². The van der Waals surface area contributed by atoms with Gasteiger partial charge in [-0.1, -0.05) is 35.9 Å². The number of anilines is 2. The molecule has 0 fully saturated rings. The second-order valence-corrected chi connectivity index (χ2v) is 10.4. The molecule has 0 atom stereocenters. The van der Waals surface area contributed by atoms with Crippen LogP contribution in [0.4, 0.5) is 15.8 Å². The number of carbonyl (C=O) groups is 3. The van der Waals surface area contributed by atoms with Gasteiger partial charge in [-0.2, -0.15) is 0 Å². The van der Waals surface area contributed by atoms with Gasteiger partial charge in [-0.15, -0.1) is 11.8 Å². The van der Waals surface area contributed by atoms with Gasteiger partial charge in [-0.25, -0.2) is 4.39 Å². The average molecular weight is 620 g/mol. The molecule has 3 amide bonds. The Morgan fingerprint density at radius 3 is 2.21 bits per heavy atom. The van der Waals surface area contributed by atoms with Gasteiger partial charge in [-0.05, 0) is 78.4 Å². The van der Waals surface area contributed by atoms with Crippen molar-refractivity contribution in [2.75, 3.05) is 30.6 Å². The zero-order valence-corrected chi connectivity index (χ0v) is 24.7. The normalized spacial score (nSPS) is 10.9. The first-order valence-electron chi connectivity index (χ1n) is 12.8. The number of halogens is 2. The van der Waals surface area contributed by atoms with E-state index in [-0.39, 0.29) is 22.4 Å². The standard InChI is InChI=1S/C32H27ClFN3O5S/c1-41-28-15-8-20(17-29(28)42-2)16-27(37-31(39)21-6-4-3-5-7-21)32(40)36-22-9-12-24(13-10-22)43-19-30(38)35-23-11-14-26(34)25(33)18-23/h3-18H,19H2,1-2H3,(H,35,38)(H,36,40)(H,37,39)/b27-16-. The molecule has 0 radical (unpaired) electrons. The van der Waals surface area contributed by atoms with E-state index in [0.717, 1.165) is 4.90 Å². The van der Waals surface area contributed by atoms with Crippen molar-refractivity contribution in [1.82, 2.24) is 5.32 Å². The summed E-state index contributed by atoms with van der Waals surface area (Å²) in [5.74, 6) is -0.757. The van der Waals surface area contributed by atoms with Crippen molar-refractivity contribution in [3.8, 4) is 11.5 Å². The zero-order valence-electron chi connectivity index (χ0n) is 23.2. The van der Waals surface area contributed by atoms with E-state index in [0.29, 0.717) is 34.0 Å². The fraction of sp³-hybridized carbons (Fsp3) is 0.0938. The number of rotatable bonds is 11. The number of benzene rings is 4. The van der Waals surface area contributed by atoms with Crippen molar-refractivity contribution in [2.45, 2.75) is 4.90 Å². The lowest BCUT2D eigenvalue weighted by Gasteiger charge is -2.13. The fourth-order valence-electron chi connectivity index (χ4n) is 3.80. The third-order valence-electron chi connectivity index (χ3n) is 5.93. The summed E-state index contributed by atoms with van der Waals surface area (Å²) in [7, 11) is 3.03. The van der Waals surface area contributed by atoms with E-state index in [2.05, 4.69) is 16.0 Å². The molecule has 0 saturated carbocycles. The molecule has 0 saturated heterocycles. The molecule has 220 valence electrons. The van der Waals surface area contributed by atoms with Crippen LogP contribution in [0.15, 0.2) is 102 Å². The summed E-state index contributed by atoms with van der Waals surface area (Å²) in [4.78, 5) is 39.3. The SMILES string of the molecule is COc1ccc(/C=C(\NC(=O)c2ccccc2)C(=O)Nc2ccc(SCC(=O)Nc3ccc(F)c(Cl)c3)cc2)cc1OC. The molecule has 0 aliphatic carbocycles. The van der Waals surface area contributed by atoms with Gasteiger partial charge in [0.2, 0.25) is 5.91 Å². The highest BCUT2D eigenvalue weighted by atomic mass is 35.5. The molecule has 11 heteroatoms. The summed E-state index contributed by atoms with van der Waals surface area (Å²) >= 11 is 7.04. The number of amides is 3. The lowest BCUT2D eigenvalue weighted by atomic mass is 10.1. The van der Waals surface area contributed by atoms with Gasteiger partial charge in [0.15, 0.2) is 11.5 Å². The molecule has 4 aromatic rings. The van der Waals surface area contributed by atoms with Gasteiger partial charge in [0.1, 0.15) is 11.5 Å². The van der Waals surface area contributed by atoms with Crippen molar-refractivity contribution in [3.05, 3.63) is 119 Å². The minimum atomic E-state index is -0.566. The molecule has 0 aromatic heterocycles. The Morgan fingerprint density at radius 2 is 1.53 bits per heavy atom. The van der Waals surface area contributed by atoms with Gasteiger partial charge < -0.3 is 25.4 Å². The lowest BCUT2D eigenvalue weighted by Crippen LogP contribution is -2.30. The number of hydrogen-bond acceptors (Lipinski definition) is 6. The Balaban J connectivity index is 1.44. The highest BCUT2D eigenvalue weighted by Gasteiger charge is 2.16. The smallest absolute Gasteiger partial charge is 0.272 e. The van der Waals surface area contributed by atoms with Crippen LogP contribution in [0, 0.1) is 5.82 Å². The monoisotopic (exact) mass is 619 g/mol. The average Bonchev–Trinajstić information content (AvgIpc) is 3.02. The van der Waals surface area contributed by atoms with Crippen LogP contribution in [0.25, 0.3) is 6.08 Å². The second-order valence-electron chi connectivity index (χ2n) is 8.94. The largest absolute Gasteiger partial charge is 0.493 e. The molecule has 8 nitrogen and oxygen atoms in total. The molecule has 0 bridgehead atoms. The predicted octanol–water partition coefficient (Wildman–Crippen LogP) is 6.64. The molecule has 3 N–H and O–H groups in total. The van der Waals surface area contributed by atoms with E-state index in [9.17, 15) is 18.8 Å². The number of nitrogens with one attached hydrogen (secondary N) is 3. The predicted molar refractivity (Wildman–Crippen MR) is 167 cm³/mol. The van der Waals surface area contributed by atoms with E-state index < -0.39 is 17.6 Å². The number of thioether (sulfide) groups is 1. The zero-order chi connectivity index (χ0) is 30.8. The van der Waals surface area contributed by atoms with Crippen molar-refractivity contribution < 1.29 is 28.2 Å². The van der Waals surface area contributed by atoms with Gasteiger partial charge in [0.25, 0.3) is 11.8 Å². The summed E-state index contributed by atoms with van der Waals surface area (Å²) in [6.07, 6.45) is 1.54. The van der Waals surface area contributed by atoms with E-state index in [1.807, 2.05) is 0 Å². The summed E-state index contributed by atoms with van der Waals surface area (Å²) in [5.41, 5.74) is 1.88. The number of methoxy groups -OCH3 is 2. The number of hydrogen-bond donors (Lipinski definition) is 3. The van der Waals surface area contributed by atoms with Crippen molar-refractivity contribution in [2.24, 2.45) is 0 Å². The first-order chi connectivity index (χ1) is 20.7. The third kappa shape index (κ3) is 8.84. The van der Waals surface area contributed by atoms with Crippen LogP contribution < -0.4 is 25.4 Å². The Hall–Kier alpha value is -4.80. The first-order valence-corrected chi connectivity index (χ1v) is 14.2. The minimum absolute atomic E-state index is 0.0112. The van der Waals surface area contributed by atoms with E-state index in [1.54, 1.807) is 72.8 Å². The van der Waals surface area contributed by atoms with Crippen LogP contribution in [0.1, 0.15) is 15.9 Å². The Kier molecular flexibility index (Phi) is 10.8. The maximum absolute atomic E-state index is 13.3.